The maximum absolute atomic E-state index is 11.3. The van der Waals surface area contributed by atoms with Crippen LogP contribution in [0.4, 0.5) is 11.4 Å². The lowest BCUT2D eigenvalue weighted by Gasteiger charge is -2.02. The Morgan fingerprint density at radius 2 is 2.24 bits per heavy atom. The van der Waals surface area contributed by atoms with Crippen LogP contribution in [0, 0.1) is 10.1 Å². The first-order chi connectivity index (χ1) is 7.95. The van der Waals surface area contributed by atoms with Gasteiger partial charge in [-0.25, -0.2) is 4.99 Å². The van der Waals surface area contributed by atoms with Crippen molar-refractivity contribution in [3.05, 3.63) is 33.9 Å². The number of alkyl halides is 1. The molecule has 0 aliphatic rings. The highest BCUT2D eigenvalue weighted by atomic mass is 35.5. The van der Waals surface area contributed by atoms with Crippen LogP contribution in [-0.4, -0.2) is 22.4 Å². The standard InChI is InChI=1S/C10H10ClN3O3/c1-6(15)8-4-7(14(16)17)2-3-9(8)13-10(12)5-11/h2-4H,5H2,1H3,(H2,12,13). The van der Waals surface area contributed by atoms with Crippen LogP contribution in [0.15, 0.2) is 23.2 Å². The zero-order chi connectivity index (χ0) is 13.0. The van der Waals surface area contributed by atoms with E-state index in [0.717, 1.165) is 0 Å². The van der Waals surface area contributed by atoms with Crippen LogP contribution in [0.25, 0.3) is 0 Å². The maximum Gasteiger partial charge on any atom is 0.270 e. The minimum atomic E-state index is -0.579. The SMILES string of the molecule is CC(=O)c1cc([N+](=O)[O-])ccc1N=C(N)CCl. The molecule has 2 N–H and O–H groups in total. The number of carbonyl (C=O) groups excluding carboxylic acids is 1. The van der Waals surface area contributed by atoms with E-state index in [9.17, 15) is 14.9 Å². The molecule has 90 valence electrons. The van der Waals surface area contributed by atoms with Crippen molar-refractivity contribution in [2.24, 2.45) is 10.7 Å². The lowest BCUT2D eigenvalue weighted by Crippen LogP contribution is -2.12. The summed E-state index contributed by atoms with van der Waals surface area (Å²) in [6.07, 6.45) is 0. The van der Waals surface area contributed by atoms with Gasteiger partial charge in [0.05, 0.1) is 16.5 Å². The Labute approximate surface area is 102 Å². The third-order valence-corrected chi connectivity index (χ3v) is 2.25. The number of nitro benzene ring substituents is 1. The normalized spacial score (nSPS) is 11.3. The topological polar surface area (TPSA) is 98.6 Å². The summed E-state index contributed by atoms with van der Waals surface area (Å²) in [5.74, 6) is -0.160. The Morgan fingerprint density at radius 1 is 1.59 bits per heavy atom. The van der Waals surface area contributed by atoms with E-state index in [2.05, 4.69) is 4.99 Å². The first-order valence-electron chi connectivity index (χ1n) is 4.64. The molecule has 0 amide bonds. The molecule has 0 aliphatic carbocycles. The first-order valence-corrected chi connectivity index (χ1v) is 5.17. The molecular formula is C10H10ClN3O3. The number of benzene rings is 1. The number of nitrogens with two attached hydrogens (primary N) is 1. The van der Waals surface area contributed by atoms with Crippen LogP contribution in [0.5, 0.6) is 0 Å². The lowest BCUT2D eigenvalue weighted by molar-refractivity contribution is -0.384. The van der Waals surface area contributed by atoms with Crippen molar-refractivity contribution in [1.82, 2.24) is 0 Å². The molecule has 0 heterocycles. The number of Topliss-reactive ketones (excluding diaryl/α,β-unsaturated/α-hetero) is 1. The summed E-state index contributed by atoms with van der Waals surface area (Å²) >= 11 is 5.47. The Balaban J connectivity index is 3.32. The van der Waals surface area contributed by atoms with Crippen LogP contribution in [0.3, 0.4) is 0 Å². The lowest BCUT2D eigenvalue weighted by atomic mass is 10.1. The second-order valence-corrected chi connectivity index (χ2v) is 3.52. The van der Waals surface area contributed by atoms with Crippen LogP contribution in [-0.2, 0) is 0 Å². The number of carbonyl (C=O) groups is 1. The fourth-order valence-electron chi connectivity index (χ4n) is 1.20. The van der Waals surface area contributed by atoms with Gasteiger partial charge in [0.1, 0.15) is 5.84 Å². The number of amidine groups is 1. The van der Waals surface area contributed by atoms with Crippen LogP contribution in [0.1, 0.15) is 17.3 Å². The molecule has 0 fully saturated rings. The molecule has 0 atom stereocenters. The van der Waals surface area contributed by atoms with Gasteiger partial charge in [0.15, 0.2) is 5.78 Å². The minimum Gasteiger partial charge on any atom is -0.386 e. The van der Waals surface area contributed by atoms with E-state index < -0.39 is 4.92 Å². The Kier molecular flexibility index (Phi) is 4.17. The van der Waals surface area contributed by atoms with Crippen molar-refractivity contribution < 1.29 is 9.72 Å². The molecular weight excluding hydrogens is 246 g/mol. The summed E-state index contributed by atoms with van der Waals surface area (Å²) in [4.78, 5) is 25.3. The predicted molar refractivity (Wildman–Crippen MR) is 65.1 cm³/mol. The molecule has 1 aromatic rings. The third kappa shape index (κ3) is 3.25. The average Bonchev–Trinajstić information content (AvgIpc) is 2.28. The summed E-state index contributed by atoms with van der Waals surface area (Å²) in [6, 6.07) is 3.80. The van der Waals surface area contributed by atoms with Gasteiger partial charge >= 0.3 is 0 Å². The van der Waals surface area contributed by atoms with Gasteiger partial charge in [-0.15, -0.1) is 11.6 Å². The minimum absolute atomic E-state index is 0.0222. The van der Waals surface area contributed by atoms with Gasteiger partial charge < -0.3 is 5.73 Å². The number of rotatable bonds is 4. The van der Waals surface area contributed by atoms with Crippen molar-refractivity contribution in [2.75, 3.05) is 5.88 Å². The monoisotopic (exact) mass is 255 g/mol. The van der Waals surface area contributed by atoms with Crippen molar-refractivity contribution in [3.8, 4) is 0 Å². The summed E-state index contributed by atoms with van der Waals surface area (Å²) < 4.78 is 0. The quantitative estimate of drug-likeness (QED) is 0.222. The molecule has 6 nitrogen and oxygen atoms in total. The van der Waals surface area contributed by atoms with E-state index in [4.69, 9.17) is 17.3 Å². The van der Waals surface area contributed by atoms with E-state index in [1.54, 1.807) is 0 Å². The van der Waals surface area contributed by atoms with E-state index in [0.29, 0.717) is 0 Å². The molecule has 0 bridgehead atoms. The number of halogens is 1. The number of nitrogens with zero attached hydrogens (tertiary/aromatic N) is 2. The fourth-order valence-corrected chi connectivity index (χ4v) is 1.26. The number of ketones is 1. The van der Waals surface area contributed by atoms with Crippen LogP contribution >= 0.6 is 11.6 Å². The van der Waals surface area contributed by atoms with E-state index >= 15 is 0 Å². The van der Waals surface area contributed by atoms with Crippen molar-refractivity contribution in [3.63, 3.8) is 0 Å². The number of nitro groups is 1. The maximum atomic E-state index is 11.3. The summed E-state index contributed by atoms with van der Waals surface area (Å²) in [6.45, 7) is 1.30. The van der Waals surface area contributed by atoms with Crippen molar-refractivity contribution in [1.29, 1.82) is 0 Å². The van der Waals surface area contributed by atoms with Crippen LogP contribution < -0.4 is 5.73 Å². The molecule has 17 heavy (non-hydrogen) atoms. The van der Waals surface area contributed by atoms with Gasteiger partial charge in [0.2, 0.25) is 0 Å². The zero-order valence-electron chi connectivity index (χ0n) is 9.01. The molecule has 7 heteroatoms. The fraction of sp³-hybridized carbons (Fsp3) is 0.200. The van der Waals surface area contributed by atoms with Crippen molar-refractivity contribution in [2.45, 2.75) is 6.92 Å². The largest absolute Gasteiger partial charge is 0.386 e. The summed E-state index contributed by atoms with van der Waals surface area (Å²) in [5.41, 5.74) is 5.70. The molecule has 0 saturated heterocycles. The number of aliphatic imine (C=N–C) groups is 1. The van der Waals surface area contributed by atoms with Gasteiger partial charge in [-0.1, -0.05) is 0 Å². The number of hydrogen-bond donors (Lipinski definition) is 1. The number of non-ortho nitro benzene ring substituents is 1. The highest BCUT2D eigenvalue weighted by molar-refractivity contribution is 6.28. The Hall–Kier alpha value is -1.95. The highest BCUT2D eigenvalue weighted by Gasteiger charge is 2.13. The number of hydrogen-bond acceptors (Lipinski definition) is 4. The molecule has 0 aromatic heterocycles. The molecule has 0 spiro atoms. The van der Waals surface area contributed by atoms with Gasteiger partial charge in [0.25, 0.3) is 5.69 Å². The van der Waals surface area contributed by atoms with E-state index in [1.807, 2.05) is 0 Å². The summed E-state index contributed by atoms with van der Waals surface area (Å²) in [5, 5.41) is 10.6. The molecule has 1 rings (SSSR count). The molecule has 0 radical (unpaired) electrons. The predicted octanol–water partition coefficient (Wildman–Crippen LogP) is 2.02. The van der Waals surface area contributed by atoms with Gasteiger partial charge in [-0.05, 0) is 13.0 Å². The van der Waals surface area contributed by atoms with Gasteiger partial charge in [-0.2, -0.15) is 0 Å². The van der Waals surface area contributed by atoms with Crippen LogP contribution in [0.2, 0.25) is 0 Å². The Morgan fingerprint density at radius 3 is 2.71 bits per heavy atom. The van der Waals surface area contributed by atoms with Crippen molar-refractivity contribution >= 4 is 34.6 Å². The van der Waals surface area contributed by atoms with Gasteiger partial charge in [0, 0.05) is 17.7 Å². The Bertz CT molecular complexity index is 500. The smallest absolute Gasteiger partial charge is 0.270 e. The second kappa shape index (κ2) is 5.40. The molecule has 1 aromatic carbocycles. The third-order valence-electron chi connectivity index (χ3n) is 1.97. The zero-order valence-corrected chi connectivity index (χ0v) is 9.77. The van der Waals surface area contributed by atoms with E-state index in [1.165, 1.54) is 25.1 Å². The summed E-state index contributed by atoms with van der Waals surface area (Å²) in [7, 11) is 0. The highest BCUT2D eigenvalue weighted by Crippen LogP contribution is 2.25. The van der Waals surface area contributed by atoms with E-state index in [-0.39, 0.29) is 34.4 Å². The first kappa shape index (κ1) is 13.1. The molecule has 0 saturated carbocycles. The second-order valence-electron chi connectivity index (χ2n) is 3.25. The van der Waals surface area contributed by atoms with Gasteiger partial charge in [-0.3, -0.25) is 14.9 Å². The average molecular weight is 256 g/mol. The molecule has 0 aliphatic heterocycles. The molecule has 0 unspecified atom stereocenters.